The Kier molecular flexibility index (Phi) is 3.23. The van der Waals surface area contributed by atoms with E-state index in [0.717, 1.165) is 11.9 Å². The van der Waals surface area contributed by atoms with Crippen LogP contribution in [0.15, 0.2) is 42.7 Å². The number of ether oxygens (including phenoxy) is 1. The van der Waals surface area contributed by atoms with Gasteiger partial charge in [0.15, 0.2) is 6.29 Å². The van der Waals surface area contributed by atoms with Crippen LogP contribution in [0, 0.1) is 0 Å². The van der Waals surface area contributed by atoms with Gasteiger partial charge in [0.05, 0.1) is 12.2 Å². The van der Waals surface area contributed by atoms with Crippen molar-refractivity contribution in [1.29, 1.82) is 0 Å². The van der Waals surface area contributed by atoms with Crippen LogP contribution in [-0.2, 0) is 0 Å². The number of imidazole rings is 1. The van der Waals surface area contributed by atoms with Crippen LogP contribution in [0.3, 0.4) is 0 Å². The molecule has 0 fully saturated rings. The van der Waals surface area contributed by atoms with Crippen molar-refractivity contribution < 1.29 is 9.53 Å². The SMILES string of the molecule is C=C/C=C\C=C(/C)C1COc2ncc(C=O)n21. The molecule has 0 saturated carbocycles. The minimum Gasteiger partial charge on any atom is -0.462 e. The Morgan fingerprint density at radius 2 is 2.47 bits per heavy atom. The van der Waals surface area contributed by atoms with Crippen LogP contribution in [0.25, 0.3) is 0 Å². The average Bonchev–Trinajstić information content (AvgIpc) is 2.89. The summed E-state index contributed by atoms with van der Waals surface area (Å²) in [6, 6.07) is 0.555. The third-order valence-corrected chi connectivity index (χ3v) is 2.73. The summed E-state index contributed by atoms with van der Waals surface area (Å²) in [5.74, 6) is 0. The zero-order valence-electron chi connectivity index (χ0n) is 9.67. The Labute approximate surface area is 99.9 Å². The maximum atomic E-state index is 10.9. The van der Waals surface area contributed by atoms with Crippen LogP contribution in [0.5, 0.6) is 6.01 Å². The van der Waals surface area contributed by atoms with Crippen LogP contribution in [0.1, 0.15) is 23.5 Å². The van der Waals surface area contributed by atoms with Crippen molar-refractivity contribution in [3.05, 3.63) is 48.3 Å². The lowest BCUT2D eigenvalue weighted by Gasteiger charge is -2.11. The molecule has 2 rings (SSSR count). The van der Waals surface area contributed by atoms with E-state index in [-0.39, 0.29) is 6.04 Å². The largest absolute Gasteiger partial charge is 0.462 e. The highest BCUT2D eigenvalue weighted by molar-refractivity contribution is 5.72. The van der Waals surface area contributed by atoms with Crippen LogP contribution in [-0.4, -0.2) is 22.4 Å². The molecule has 0 aromatic carbocycles. The van der Waals surface area contributed by atoms with Gasteiger partial charge >= 0.3 is 0 Å². The van der Waals surface area contributed by atoms with Gasteiger partial charge in [0.1, 0.15) is 12.3 Å². The van der Waals surface area contributed by atoms with Crippen LogP contribution in [0.4, 0.5) is 0 Å². The third-order valence-electron chi connectivity index (χ3n) is 2.73. The topological polar surface area (TPSA) is 44.1 Å². The first-order valence-electron chi connectivity index (χ1n) is 5.39. The summed E-state index contributed by atoms with van der Waals surface area (Å²) in [6.07, 6.45) is 9.80. The molecule has 1 atom stereocenters. The maximum absolute atomic E-state index is 10.9. The summed E-state index contributed by atoms with van der Waals surface area (Å²) in [7, 11) is 0. The molecule has 4 heteroatoms. The first kappa shape index (κ1) is 11.4. The fourth-order valence-electron chi connectivity index (χ4n) is 1.82. The highest BCUT2D eigenvalue weighted by Gasteiger charge is 2.28. The Balaban J connectivity index is 2.29. The van der Waals surface area contributed by atoms with Gasteiger partial charge in [-0.05, 0) is 12.5 Å². The first-order valence-corrected chi connectivity index (χ1v) is 5.39. The zero-order chi connectivity index (χ0) is 12.3. The second-order valence-corrected chi connectivity index (χ2v) is 3.81. The number of nitrogens with zero attached hydrogens (tertiary/aromatic N) is 2. The zero-order valence-corrected chi connectivity index (χ0v) is 9.67. The smallest absolute Gasteiger partial charge is 0.297 e. The molecule has 0 N–H and O–H groups in total. The van der Waals surface area contributed by atoms with Crippen molar-refractivity contribution in [2.24, 2.45) is 0 Å². The highest BCUT2D eigenvalue weighted by Crippen LogP contribution is 2.31. The van der Waals surface area contributed by atoms with E-state index in [1.807, 2.05) is 29.7 Å². The Bertz CT molecular complexity index is 498. The van der Waals surface area contributed by atoms with E-state index in [0.29, 0.717) is 18.3 Å². The highest BCUT2D eigenvalue weighted by atomic mass is 16.5. The van der Waals surface area contributed by atoms with Crippen molar-refractivity contribution in [3.63, 3.8) is 0 Å². The van der Waals surface area contributed by atoms with Crippen molar-refractivity contribution in [1.82, 2.24) is 9.55 Å². The Hall–Kier alpha value is -2.10. The number of aromatic nitrogens is 2. The quantitative estimate of drug-likeness (QED) is 0.589. The number of carbonyl (C=O) groups is 1. The van der Waals surface area contributed by atoms with Crippen molar-refractivity contribution >= 4 is 6.29 Å². The van der Waals surface area contributed by atoms with E-state index in [2.05, 4.69) is 11.6 Å². The van der Waals surface area contributed by atoms with Crippen LogP contribution < -0.4 is 4.74 Å². The molecule has 0 radical (unpaired) electrons. The fourth-order valence-corrected chi connectivity index (χ4v) is 1.82. The molecule has 2 heterocycles. The number of hydrogen-bond donors (Lipinski definition) is 0. The molecule has 1 aliphatic heterocycles. The fraction of sp³-hybridized carbons (Fsp3) is 0.231. The molecule has 88 valence electrons. The molecule has 4 nitrogen and oxygen atoms in total. The van der Waals surface area contributed by atoms with Crippen LogP contribution in [0.2, 0.25) is 0 Å². The number of aldehydes is 1. The summed E-state index contributed by atoms with van der Waals surface area (Å²) in [5.41, 5.74) is 1.66. The second-order valence-electron chi connectivity index (χ2n) is 3.81. The van der Waals surface area contributed by atoms with E-state index < -0.39 is 0 Å². The molecular formula is C13H14N2O2. The third kappa shape index (κ3) is 2.06. The van der Waals surface area contributed by atoms with Crippen LogP contribution >= 0.6 is 0 Å². The average molecular weight is 230 g/mol. The number of carbonyl (C=O) groups excluding carboxylic acids is 1. The van der Waals surface area contributed by atoms with Gasteiger partial charge in [-0.25, -0.2) is 4.98 Å². The first-order chi connectivity index (χ1) is 8.27. The molecule has 0 saturated heterocycles. The van der Waals surface area contributed by atoms with E-state index in [9.17, 15) is 4.79 Å². The lowest BCUT2D eigenvalue weighted by atomic mass is 10.1. The lowest BCUT2D eigenvalue weighted by Crippen LogP contribution is -2.11. The van der Waals surface area contributed by atoms with E-state index in [1.165, 1.54) is 6.20 Å². The molecular weight excluding hydrogens is 216 g/mol. The predicted molar refractivity (Wildman–Crippen MR) is 65.2 cm³/mol. The van der Waals surface area contributed by atoms with E-state index in [4.69, 9.17) is 4.74 Å². The van der Waals surface area contributed by atoms with Gasteiger partial charge in [0, 0.05) is 0 Å². The van der Waals surface area contributed by atoms with Gasteiger partial charge in [0.2, 0.25) is 0 Å². The molecule has 1 aliphatic rings. The molecule has 0 amide bonds. The lowest BCUT2D eigenvalue weighted by molar-refractivity contribution is 0.111. The van der Waals surface area contributed by atoms with E-state index >= 15 is 0 Å². The number of allylic oxidation sites excluding steroid dienone is 4. The molecule has 1 aromatic rings. The van der Waals surface area contributed by atoms with Gasteiger partial charge in [-0.2, -0.15) is 0 Å². The van der Waals surface area contributed by atoms with Gasteiger partial charge in [-0.3, -0.25) is 9.36 Å². The monoisotopic (exact) mass is 230 g/mol. The molecule has 1 unspecified atom stereocenters. The minimum atomic E-state index is 0.0437. The summed E-state index contributed by atoms with van der Waals surface area (Å²) >= 11 is 0. The van der Waals surface area contributed by atoms with Crippen molar-refractivity contribution in [2.75, 3.05) is 6.61 Å². The van der Waals surface area contributed by atoms with E-state index in [1.54, 1.807) is 6.08 Å². The molecule has 1 aromatic heterocycles. The van der Waals surface area contributed by atoms with Crippen molar-refractivity contribution in [3.8, 4) is 6.01 Å². The van der Waals surface area contributed by atoms with Gasteiger partial charge in [-0.1, -0.05) is 30.9 Å². The summed E-state index contributed by atoms with van der Waals surface area (Å²) < 4.78 is 7.25. The molecule has 0 bridgehead atoms. The van der Waals surface area contributed by atoms with Crippen molar-refractivity contribution in [2.45, 2.75) is 13.0 Å². The normalized spacial score (nSPS) is 19.1. The summed E-state index contributed by atoms with van der Waals surface area (Å²) in [6.45, 7) is 6.14. The standard InChI is InChI=1S/C13H14N2O2/c1-3-4-5-6-10(2)12-9-17-13-14-7-11(8-16)15(12)13/h3-8,12H,1,9H2,2H3/b5-4-,10-6+. The number of hydrogen-bond acceptors (Lipinski definition) is 3. The molecule has 0 spiro atoms. The summed E-state index contributed by atoms with van der Waals surface area (Å²) in [5, 5.41) is 0. The Morgan fingerprint density at radius 1 is 1.65 bits per heavy atom. The predicted octanol–water partition coefficient (Wildman–Crippen LogP) is 2.32. The Morgan fingerprint density at radius 3 is 3.18 bits per heavy atom. The second kappa shape index (κ2) is 4.82. The van der Waals surface area contributed by atoms with Gasteiger partial charge < -0.3 is 4.74 Å². The van der Waals surface area contributed by atoms with Gasteiger partial charge in [0.25, 0.3) is 6.01 Å². The minimum absolute atomic E-state index is 0.0437. The molecule has 0 aliphatic carbocycles. The molecule has 17 heavy (non-hydrogen) atoms. The van der Waals surface area contributed by atoms with Gasteiger partial charge in [-0.15, -0.1) is 0 Å². The summed E-state index contributed by atoms with van der Waals surface area (Å²) in [4.78, 5) is 14.9. The maximum Gasteiger partial charge on any atom is 0.297 e. The number of fused-ring (bicyclic) bond motifs is 1. The number of rotatable bonds is 4.